The summed E-state index contributed by atoms with van der Waals surface area (Å²) in [7, 11) is 0. The molecule has 2 aromatic carbocycles. The predicted octanol–water partition coefficient (Wildman–Crippen LogP) is 3.00. The van der Waals surface area contributed by atoms with E-state index in [9.17, 15) is 5.11 Å². The Bertz CT molecular complexity index is 841. The molecule has 22 heavy (non-hydrogen) atoms. The maximum absolute atomic E-state index is 9.47. The fourth-order valence-corrected chi connectivity index (χ4v) is 2.95. The fourth-order valence-electron chi connectivity index (χ4n) is 2.95. The largest absolute Gasteiger partial charge is 0.493 e. The van der Waals surface area contributed by atoms with Crippen LogP contribution >= 0.6 is 0 Å². The Morgan fingerprint density at radius 3 is 2.18 bits per heavy atom. The predicted molar refractivity (Wildman–Crippen MR) is 88.5 cm³/mol. The van der Waals surface area contributed by atoms with Crippen LogP contribution in [0.15, 0.2) is 65.6 Å². The minimum atomic E-state index is 0.0599. The lowest BCUT2D eigenvalue weighted by Crippen LogP contribution is -2.40. The van der Waals surface area contributed by atoms with E-state index in [4.69, 9.17) is 0 Å². The second-order valence-electron chi connectivity index (χ2n) is 5.27. The third-order valence-corrected chi connectivity index (χ3v) is 3.91. The molecule has 0 saturated heterocycles. The lowest BCUT2D eigenvalue weighted by Gasteiger charge is -2.23. The third-order valence-electron chi connectivity index (χ3n) is 3.91. The van der Waals surface area contributed by atoms with Crippen molar-refractivity contribution in [1.82, 2.24) is 15.0 Å². The van der Waals surface area contributed by atoms with Crippen LogP contribution in [0.2, 0.25) is 0 Å². The molecule has 0 bridgehead atoms. The van der Waals surface area contributed by atoms with Gasteiger partial charge >= 0.3 is 0 Å². The highest BCUT2D eigenvalue weighted by Crippen LogP contribution is 2.28. The smallest absolute Gasteiger partial charge is 0.222 e. The van der Waals surface area contributed by atoms with Crippen molar-refractivity contribution in [2.45, 2.75) is 6.54 Å². The normalized spacial score (nSPS) is 14.4. The minimum absolute atomic E-state index is 0.0599. The third kappa shape index (κ3) is 2.07. The molecule has 1 aliphatic rings. The number of aliphatic hydroxyl groups excluding tert-OH is 1. The van der Waals surface area contributed by atoms with Gasteiger partial charge in [0.05, 0.1) is 12.7 Å². The second kappa shape index (κ2) is 5.11. The van der Waals surface area contributed by atoms with E-state index in [0.29, 0.717) is 6.54 Å². The van der Waals surface area contributed by atoms with Crippen molar-refractivity contribution in [2.75, 3.05) is 6.54 Å². The zero-order chi connectivity index (χ0) is 14.9. The molecule has 5 heteroatoms. The number of nitrogens with zero attached hydrogens (tertiary/aromatic N) is 3. The molecule has 0 saturated carbocycles. The zero-order valence-corrected chi connectivity index (χ0v) is 12.0. The molecule has 1 aromatic heterocycles. The van der Waals surface area contributed by atoms with Crippen molar-refractivity contribution >= 4 is 28.1 Å². The molecule has 2 N–H and O–H groups in total. The van der Waals surface area contributed by atoms with Crippen molar-refractivity contribution in [3.8, 4) is 0 Å². The van der Waals surface area contributed by atoms with Crippen LogP contribution < -0.4 is 5.43 Å². The standard InChI is InChI=1S/C17H16N4O/c22-17-11-18-12-20(19-17)9-10-21-15-7-3-1-5-13(15)14-6-2-4-8-16(14)21/h1-8,11-12,19,22H,9-10H2. The van der Waals surface area contributed by atoms with Gasteiger partial charge in [-0.15, -0.1) is 0 Å². The number of fused-ring (bicyclic) bond motifs is 3. The molecular weight excluding hydrogens is 276 g/mol. The van der Waals surface area contributed by atoms with E-state index in [1.54, 1.807) is 11.3 Å². The Balaban J connectivity index is 1.71. The minimum Gasteiger partial charge on any atom is -0.493 e. The molecule has 3 aromatic rings. The van der Waals surface area contributed by atoms with E-state index in [0.717, 1.165) is 6.54 Å². The number of hydrogen-bond donors (Lipinski definition) is 2. The topological polar surface area (TPSA) is 52.8 Å². The van der Waals surface area contributed by atoms with E-state index in [1.807, 2.05) is 0 Å². The SMILES string of the molecule is OC1=CN=CN(CCn2c3ccccc3c3ccccc32)N1. The number of benzene rings is 2. The summed E-state index contributed by atoms with van der Waals surface area (Å²) in [5, 5.41) is 13.8. The summed E-state index contributed by atoms with van der Waals surface area (Å²) >= 11 is 0. The van der Waals surface area contributed by atoms with Gasteiger partial charge in [0.2, 0.25) is 5.88 Å². The molecular formula is C17H16N4O. The van der Waals surface area contributed by atoms with Gasteiger partial charge < -0.3 is 9.67 Å². The lowest BCUT2D eigenvalue weighted by molar-refractivity contribution is 0.241. The van der Waals surface area contributed by atoms with Gasteiger partial charge in [0.1, 0.15) is 6.34 Å². The zero-order valence-electron chi connectivity index (χ0n) is 12.0. The first kappa shape index (κ1) is 12.8. The van der Waals surface area contributed by atoms with Crippen molar-refractivity contribution in [1.29, 1.82) is 0 Å². The van der Waals surface area contributed by atoms with Gasteiger partial charge in [-0.05, 0) is 12.1 Å². The summed E-state index contributed by atoms with van der Waals surface area (Å²) in [5.41, 5.74) is 5.30. The van der Waals surface area contributed by atoms with E-state index >= 15 is 0 Å². The van der Waals surface area contributed by atoms with Gasteiger partial charge in [-0.25, -0.2) is 4.99 Å². The maximum Gasteiger partial charge on any atom is 0.222 e. The molecule has 2 heterocycles. The second-order valence-corrected chi connectivity index (χ2v) is 5.27. The summed E-state index contributed by atoms with van der Waals surface area (Å²) in [4.78, 5) is 3.98. The fraction of sp³-hybridized carbons (Fsp3) is 0.118. The molecule has 0 spiro atoms. The summed E-state index contributed by atoms with van der Waals surface area (Å²) in [6, 6.07) is 16.9. The number of aliphatic hydroxyl groups is 1. The molecule has 0 atom stereocenters. The molecule has 0 aliphatic carbocycles. The van der Waals surface area contributed by atoms with Gasteiger partial charge in [0.25, 0.3) is 0 Å². The van der Waals surface area contributed by atoms with Crippen LogP contribution in [0.1, 0.15) is 0 Å². The van der Waals surface area contributed by atoms with Crippen LogP contribution in [0, 0.1) is 0 Å². The van der Waals surface area contributed by atoms with Crippen LogP contribution in [0.3, 0.4) is 0 Å². The molecule has 4 rings (SSSR count). The molecule has 0 radical (unpaired) electrons. The number of aliphatic imine (C=N–C) groups is 1. The number of aromatic nitrogens is 1. The molecule has 0 amide bonds. The van der Waals surface area contributed by atoms with Gasteiger partial charge in [0, 0.05) is 28.4 Å². The van der Waals surface area contributed by atoms with Crippen molar-refractivity contribution in [3.05, 3.63) is 60.6 Å². The Kier molecular flexibility index (Phi) is 2.96. The monoisotopic (exact) mass is 292 g/mol. The Labute approximate surface area is 127 Å². The van der Waals surface area contributed by atoms with Crippen LogP contribution in [-0.2, 0) is 6.54 Å². The quantitative estimate of drug-likeness (QED) is 0.780. The average molecular weight is 292 g/mol. The number of hydrazine groups is 1. The van der Waals surface area contributed by atoms with Gasteiger partial charge in [-0.3, -0.25) is 10.4 Å². The van der Waals surface area contributed by atoms with Crippen molar-refractivity contribution in [2.24, 2.45) is 4.99 Å². The summed E-state index contributed by atoms with van der Waals surface area (Å²) < 4.78 is 2.30. The first-order valence-corrected chi connectivity index (χ1v) is 7.24. The Hall–Kier alpha value is -2.95. The van der Waals surface area contributed by atoms with E-state index in [-0.39, 0.29) is 5.88 Å². The van der Waals surface area contributed by atoms with E-state index in [2.05, 4.69) is 63.5 Å². The molecule has 110 valence electrons. The number of rotatable bonds is 3. The van der Waals surface area contributed by atoms with Crippen LogP contribution in [0.25, 0.3) is 21.8 Å². The molecule has 0 unspecified atom stereocenters. The number of para-hydroxylation sites is 2. The summed E-state index contributed by atoms with van der Waals surface area (Å²) in [6.45, 7) is 1.49. The van der Waals surface area contributed by atoms with E-state index in [1.165, 1.54) is 28.0 Å². The highest BCUT2D eigenvalue weighted by molar-refractivity contribution is 6.07. The summed E-state index contributed by atoms with van der Waals surface area (Å²) in [5.74, 6) is 0.0599. The Morgan fingerprint density at radius 1 is 0.909 bits per heavy atom. The highest BCUT2D eigenvalue weighted by atomic mass is 16.3. The van der Waals surface area contributed by atoms with Gasteiger partial charge in [-0.1, -0.05) is 36.4 Å². The number of hydrogen-bond acceptors (Lipinski definition) is 4. The molecule has 1 aliphatic heterocycles. The maximum atomic E-state index is 9.47. The van der Waals surface area contributed by atoms with Gasteiger partial charge in [-0.2, -0.15) is 0 Å². The van der Waals surface area contributed by atoms with Crippen LogP contribution in [-0.4, -0.2) is 27.6 Å². The van der Waals surface area contributed by atoms with Crippen LogP contribution in [0.4, 0.5) is 0 Å². The first-order chi connectivity index (χ1) is 10.8. The first-order valence-electron chi connectivity index (χ1n) is 7.24. The molecule has 0 fully saturated rings. The van der Waals surface area contributed by atoms with Crippen LogP contribution in [0.5, 0.6) is 0 Å². The van der Waals surface area contributed by atoms with E-state index < -0.39 is 0 Å². The van der Waals surface area contributed by atoms with Crippen molar-refractivity contribution in [3.63, 3.8) is 0 Å². The average Bonchev–Trinajstić information content (AvgIpc) is 2.87. The Morgan fingerprint density at radius 2 is 1.55 bits per heavy atom. The molecule has 5 nitrogen and oxygen atoms in total. The van der Waals surface area contributed by atoms with Crippen molar-refractivity contribution < 1.29 is 5.11 Å². The highest BCUT2D eigenvalue weighted by Gasteiger charge is 2.11. The van der Waals surface area contributed by atoms with Gasteiger partial charge in [0.15, 0.2) is 0 Å². The lowest BCUT2D eigenvalue weighted by atomic mass is 10.2. The number of nitrogens with one attached hydrogen (secondary N) is 1. The summed E-state index contributed by atoms with van der Waals surface area (Å²) in [6.07, 6.45) is 3.06.